The number of carbonyl (C=O) groups excluding carboxylic acids is 1. The van der Waals surface area contributed by atoms with Gasteiger partial charge in [0.15, 0.2) is 6.61 Å². The number of amides is 1. The van der Waals surface area contributed by atoms with Crippen molar-refractivity contribution in [2.75, 3.05) is 25.0 Å². The Morgan fingerprint density at radius 2 is 2.26 bits per heavy atom. The number of rotatable bonds is 4. The van der Waals surface area contributed by atoms with Crippen molar-refractivity contribution in [3.63, 3.8) is 0 Å². The minimum atomic E-state index is -4.48. The first-order valence-corrected chi connectivity index (χ1v) is 6.68. The molecule has 1 aromatic rings. The lowest BCUT2D eigenvalue weighted by Gasteiger charge is -2.18. The van der Waals surface area contributed by atoms with E-state index in [2.05, 4.69) is 25.2 Å². The van der Waals surface area contributed by atoms with Gasteiger partial charge in [0.25, 0.3) is 5.91 Å². The second-order valence-electron chi connectivity index (χ2n) is 4.82. The molecule has 0 saturated heterocycles. The van der Waals surface area contributed by atoms with Crippen LogP contribution in [0.5, 0.6) is 5.88 Å². The molecule has 0 saturated carbocycles. The number of aromatic nitrogens is 2. The third-order valence-corrected chi connectivity index (χ3v) is 3.11. The minimum Gasteiger partial charge on any atom is -0.467 e. The summed E-state index contributed by atoms with van der Waals surface area (Å²) in [5, 5.41) is 8.31. The van der Waals surface area contributed by atoms with E-state index in [1.807, 2.05) is 4.90 Å². The van der Waals surface area contributed by atoms with E-state index in [0.29, 0.717) is 18.7 Å². The average Bonchev–Trinajstić information content (AvgIpc) is 3.12. The van der Waals surface area contributed by atoms with Gasteiger partial charge in [0.2, 0.25) is 5.88 Å². The van der Waals surface area contributed by atoms with Crippen LogP contribution in [0, 0.1) is 0 Å². The van der Waals surface area contributed by atoms with E-state index < -0.39 is 18.7 Å². The van der Waals surface area contributed by atoms with Gasteiger partial charge in [0.1, 0.15) is 11.5 Å². The van der Waals surface area contributed by atoms with Crippen molar-refractivity contribution in [2.45, 2.75) is 6.18 Å². The van der Waals surface area contributed by atoms with Crippen molar-refractivity contribution in [1.82, 2.24) is 15.1 Å². The first-order valence-electron chi connectivity index (χ1n) is 6.68. The molecule has 1 amide bonds. The van der Waals surface area contributed by atoms with Gasteiger partial charge in [-0.3, -0.25) is 9.79 Å². The Labute approximate surface area is 128 Å². The molecule has 2 aliphatic heterocycles. The number of nitrogens with zero attached hydrogens (tertiary/aromatic N) is 3. The summed E-state index contributed by atoms with van der Waals surface area (Å²) in [6.07, 6.45) is 1.63. The Bertz CT molecular complexity index is 705. The Kier molecular flexibility index (Phi) is 3.80. The molecule has 3 heterocycles. The largest absolute Gasteiger partial charge is 0.467 e. The number of carbonyl (C=O) groups is 1. The molecule has 0 unspecified atom stereocenters. The maximum Gasteiger partial charge on any atom is 0.422 e. The van der Waals surface area contributed by atoms with Crippen LogP contribution in [-0.4, -0.2) is 52.7 Å². The zero-order valence-electron chi connectivity index (χ0n) is 11.7. The van der Waals surface area contributed by atoms with Gasteiger partial charge >= 0.3 is 6.18 Å². The fourth-order valence-electron chi connectivity index (χ4n) is 2.09. The summed E-state index contributed by atoms with van der Waals surface area (Å²) in [4.78, 5) is 18.2. The van der Waals surface area contributed by atoms with Crippen molar-refractivity contribution < 1.29 is 22.7 Å². The topological polar surface area (TPSA) is 82.6 Å². The average molecular weight is 327 g/mol. The molecule has 0 atom stereocenters. The number of fused-ring (bicyclic) bond motifs is 1. The number of aromatic amines is 1. The van der Waals surface area contributed by atoms with Crippen LogP contribution >= 0.6 is 0 Å². The third kappa shape index (κ3) is 3.52. The number of anilines is 1. The maximum absolute atomic E-state index is 12.2. The lowest BCUT2D eigenvalue weighted by Crippen LogP contribution is -2.26. The molecule has 7 nitrogen and oxygen atoms in total. The van der Waals surface area contributed by atoms with Crippen LogP contribution in [-0.2, 0) is 4.79 Å². The highest BCUT2D eigenvalue weighted by Crippen LogP contribution is 2.24. The second kappa shape index (κ2) is 5.78. The molecule has 3 rings (SSSR count). The molecule has 1 aromatic heterocycles. The van der Waals surface area contributed by atoms with E-state index in [9.17, 15) is 18.0 Å². The van der Waals surface area contributed by atoms with Crippen molar-refractivity contribution in [1.29, 1.82) is 0 Å². The van der Waals surface area contributed by atoms with Crippen LogP contribution in [0.25, 0.3) is 0 Å². The molecule has 0 radical (unpaired) electrons. The number of hydrogen-bond acceptors (Lipinski definition) is 5. The summed E-state index contributed by atoms with van der Waals surface area (Å²) in [5.41, 5.74) is 0.392. The summed E-state index contributed by atoms with van der Waals surface area (Å²) >= 11 is 0. The van der Waals surface area contributed by atoms with Gasteiger partial charge in [-0.1, -0.05) is 0 Å². The molecule has 0 fully saturated rings. The Balaban J connectivity index is 1.66. The van der Waals surface area contributed by atoms with Gasteiger partial charge in [-0.05, 0) is 12.2 Å². The molecule has 2 aliphatic rings. The summed E-state index contributed by atoms with van der Waals surface area (Å²) < 4.78 is 41.1. The minimum absolute atomic E-state index is 0.0365. The van der Waals surface area contributed by atoms with Gasteiger partial charge < -0.3 is 15.0 Å². The molecular formula is C13H12F3N5O2. The van der Waals surface area contributed by atoms with Crippen molar-refractivity contribution >= 4 is 17.4 Å². The Hall–Kier alpha value is -2.78. The van der Waals surface area contributed by atoms with Crippen LogP contribution in [0.1, 0.15) is 0 Å². The Morgan fingerprint density at radius 1 is 1.43 bits per heavy atom. The van der Waals surface area contributed by atoms with Gasteiger partial charge in [0, 0.05) is 12.7 Å². The highest BCUT2D eigenvalue weighted by Gasteiger charge is 2.29. The molecule has 0 spiro atoms. The fraction of sp³-hybridized carbons (Fsp3) is 0.308. The fourth-order valence-corrected chi connectivity index (χ4v) is 2.09. The molecule has 23 heavy (non-hydrogen) atoms. The third-order valence-electron chi connectivity index (χ3n) is 3.11. The van der Waals surface area contributed by atoms with Crippen LogP contribution in [0.3, 0.4) is 0 Å². The predicted octanol–water partition coefficient (Wildman–Crippen LogP) is 1.46. The molecule has 10 heteroatoms. The van der Waals surface area contributed by atoms with E-state index >= 15 is 0 Å². The molecule has 2 N–H and O–H groups in total. The molecule has 0 aromatic carbocycles. The van der Waals surface area contributed by atoms with Crippen molar-refractivity contribution in [3.8, 4) is 5.88 Å². The van der Waals surface area contributed by atoms with Gasteiger partial charge in [-0.2, -0.15) is 18.3 Å². The van der Waals surface area contributed by atoms with E-state index in [4.69, 9.17) is 0 Å². The number of alkyl halides is 3. The quantitative estimate of drug-likeness (QED) is 0.877. The molecule has 0 bridgehead atoms. The van der Waals surface area contributed by atoms with Crippen LogP contribution in [0.4, 0.5) is 18.9 Å². The standard InChI is InChI=1S/C13H12F3N5O2/c14-13(15,16)7-23-12-9(5-18-20-12)19-11(22)8-1-2-10-17-3-4-21(10)6-8/h1-2,5-6H,3-4,7H2,(H,18,20)(H,19,22). The number of amidine groups is 1. The van der Waals surface area contributed by atoms with E-state index in [1.165, 1.54) is 6.20 Å². The summed E-state index contributed by atoms with van der Waals surface area (Å²) in [7, 11) is 0. The van der Waals surface area contributed by atoms with E-state index in [1.54, 1.807) is 18.4 Å². The second-order valence-corrected chi connectivity index (χ2v) is 4.82. The van der Waals surface area contributed by atoms with Crippen molar-refractivity contribution in [2.24, 2.45) is 4.99 Å². The van der Waals surface area contributed by atoms with Crippen molar-refractivity contribution in [3.05, 3.63) is 30.1 Å². The smallest absolute Gasteiger partial charge is 0.422 e. The normalized spacial score (nSPS) is 16.7. The van der Waals surface area contributed by atoms with Crippen LogP contribution in [0.15, 0.2) is 35.1 Å². The Morgan fingerprint density at radius 3 is 3.04 bits per heavy atom. The van der Waals surface area contributed by atoms with E-state index in [0.717, 1.165) is 5.84 Å². The number of halogens is 3. The summed E-state index contributed by atoms with van der Waals surface area (Å²) in [6, 6.07) is 0. The lowest BCUT2D eigenvalue weighted by molar-refractivity contribution is -0.153. The summed E-state index contributed by atoms with van der Waals surface area (Å²) in [5.74, 6) is 0.0454. The first-order chi connectivity index (χ1) is 10.9. The van der Waals surface area contributed by atoms with Crippen LogP contribution < -0.4 is 10.1 Å². The lowest BCUT2D eigenvalue weighted by atomic mass is 10.2. The monoisotopic (exact) mass is 327 g/mol. The van der Waals surface area contributed by atoms with Gasteiger partial charge in [0.05, 0.1) is 18.3 Å². The van der Waals surface area contributed by atoms with E-state index in [-0.39, 0.29) is 11.6 Å². The maximum atomic E-state index is 12.2. The number of ether oxygens (including phenoxy) is 1. The van der Waals surface area contributed by atoms with Gasteiger partial charge in [-0.25, -0.2) is 5.10 Å². The SMILES string of the molecule is O=C(Nc1cn[nH]c1OCC(F)(F)F)C1=CN2CCN=C2C=C1. The zero-order chi connectivity index (χ0) is 16.4. The highest BCUT2D eigenvalue weighted by molar-refractivity contribution is 6.09. The first kappa shape index (κ1) is 15.1. The number of hydrogen-bond donors (Lipinski definition) is 2. The van der Waals surface area contributed by atoms with Crippen LogP contribution in [0.2, 0.25) is 0 Å². The molecular weight excluding hydrogens is 315 g/mol. The predicted molar refractivity (Wildman–Crippen MR) is 75.0 cm³/mol. The van der Waals surface area contributed by atoms with Gasteiger partial charge in [-0.15, -0.1) is 0 Å². The molecule has 122 valence electrons. The number of nitrogens with one attached hydrogen (secondary N) is 2. The summed E-state index contributed by atoms with van der Waals surface area (Å²) in [6.45, 7) is -0.140. The molecule has 0 aliphatic carbocycles. The highest BCUT2D eigenvalue weighted by atomic mass is 19.4. The number of H-pyrrole nitrogens is 1. The zero-order valence-corrected chi connectivity index (χ0v) is 11.7. The number of aliphatic imine (C=N–C) groups is 1.